The molecule has 1 aliphatic carbocycles. The Morgan fingerprint density at radius 3 is 2.81 bits per heavy atom. The number of halogens is 2. The maximum Gasteiger partial charge on any atom is 0.129 e. The maximum atomic E-state index is 13.8. The maximum absolute atomic E-state index is 13.8. The molecule has 118 valence electrons. The van der Waals surface area contributed by atoms with Crippen LogP contribution in [0.2, 0.25) is 0 Å². The third-order valence-corrected chi connectivity index (χ3v) is 4.46. The highest BCUT2D eigenvalue weighted by molar-refractivity contribution is 5.20. The van der Waals surface area contributed by atoms with Gasteiger partial charge in [0, 0.05) is 19.1 Å². The molecular weight excluding hydrogens is 274 g/mol. The molecule has 3 unspecified atom stereocenters. The van der Waals surface area contributed by atoms with Crippen molar-refractivity contribution in [3.63, 3.8) is 0 Å². The molecule has 0 saturated heterocycles. The van der Waals surface area contributed by atoms with Gasteiger partial charge in [0.15, 0.2) is 0 Å². The molecule has 1 N–H and O–H groups in total. The monoisotopic (exact) mass is 298 g/mol. The molecule has 4 heteroatoms. The van der Waals surface area contributed by atoms with Gasteiger partial charge in [0.05, 0.1) is 11.7 Å². The van der Waals surface area contributed by atoms with Gasteiger partial charge in [0.2, 0.25) is 0 Å². The fraction of sp³-hybridized carbons (Fsp3) is 0.647. The molecule has 0 amide bonds. The summed E-state index contributed by atoms with van der Waals surface area (Å²) in [5.74, 6) is -0.723. The van der Waals surface area contributed by atoms with Crippen molar-refractivity contribution in [3.8, 4) is 0 Å². The summed E-state index contributed by atoms with van der Waals surface area (Å²) in [5.41, 5.74) is -0.269. The lowest BCUT2D eigenvalue weighted by Gasteiger charge is -2.43. The van der Waals surface area contributed by atoms with Crippen molar-refractivity contribution in [2.24, 2.45) is 5.92 Å². The summed E-state index contributed by atoms with van der Waals surface area (Å²) < 4.78 is 32.6. The van der Waals surface area contributed by atoms with Gasteiger partial charge >= 0.3 is 0 Å². The Bertz CT molecular complexity index is 474. The first-order valence-electron chi connectivity index (χ1n) is 7.73. The highest BCUT2D eigenvalue weighted by Gasteiger charge is 2.42. The average molecular weight is 298 g/mol. The van der Waals surface area contributed by atoms with E-state index in [4.69, 9.17) is 4.74 Å². The summed E-state index contributed by atoms with van der Waals surface area (Å²) in [6.45, 7) is 4.58. The second-order valence-electron chi connectivity index (χ2n) is 6.15. The summed E-state index contributed by atoms with van der Waals surface area (Å²) in [5, 5.41) is 10.6. The summed E-state index contributed by atoms with van der Waals surface area (Å²) >= 11 is 0. The van der Waals surface area contributed by atoms with E-state index in [1.54, 1.807) is 0 Å². The van der Waals surface area contributed by atoms with E-state index < -0.39 is 23.3 Å². The molecule has 0 aromatic heterocycles. The molecule has 0 radical (unpaired) electrons. The molecule has 2 nitrogen and oxygen atoms in total. The Morgan fingerprint density at radius 2 is 2.19 bits per heavy atom. The highest BCUT2D eigenvalue weighted by atomic mass is 19.1. The fourth-order valence-corrected chi connectivity index (χ4v) is 3.44. The van der Waals surface area contributed by atoms with Crippen molar-refractivity contribution < 1.29 is 18.6 Å². The quantitative estimate of drug-likeness (QED) is 0.894. The SMILES string of the molecule is CCOC1(C(O)Cc2ccc(F)cc2F)CCCC(C)C1. The zero-order valence-electron chi connectivity index (χ0n) is 12.7. The smallest absolute Gasteiger partial charge is 0.129 e. The molecule has 1 aromatic carbocycles. The van der Waals surface area contributed by atoms with Crippen molar-refractivity contribution in [1.29, 1.82) is 0 Å². The van der Waals surface area contributed by atoms with Crippen molar-refractivity contribution in [2.75, 3.05) is 6.61 Å². The Kier molecular flexibility index (Phi) is 5.33. The van der Waals surface area contributed by atoms with Crippen molar-refractivity contribution in [1.82, 2.24) is 0 Å². The predicted molar refractivity (Wildman–Crippen MR) is 78.1 cm³/mol. The standard InChI is InChI=1S/C17H24F2O2/c1-3-21-17(8-4-5-12(2)11-17)16(20)9-13-6-7-14(18)10-15(13)19/h6-7,10,12,16,20H,3-5,8-9,11H2,1-2H3. The highest BCUT2D eigenvalue weighted by Crippen LogP contribution is 2.38. The Hall–Kier alpha value is -1.00. The Morgan fingerprint density at radius 1 is 1.43 bits per heavy atom. The van der Waals surface area contributed by atoms with Gasteiger partial charge < -0.3 is 9.84 Å². The normalized spacial score (nSPS) is 27.6. The van der Waals surface area contributed by atoms with Crippen molar-refractivity contribution in [2.45, 2.75) is 57.7 Å². The molecule has 1 aliphatic rings. The average Bonchev–Trinajstić information content (AvgIpc) is 2.42. The number of rotatable bonds is 5. The summed E-state index contributed by atoms with van der Waals surface area (Å²) in [7, 11) is 0. The van der Waals surface area contributed by atoms with E-state index in [0.29, 0.717) is 18.1 Å². The topological polar surface area (TPSA) is 29.5 Å². The summed E-state index contributed by atoms with van der Waals surface area (Å²) in [6.07, 6.45) is 3.08. The molecule has 1 fully saturated rings. The van der Waals surface area contributed by atoms with Crippen LogP contribution in [0.4, 0.5) is 8.78 Å². The molecule has 21 heavy (non-hydrogen) atoms. The van der Waals surface area contributed by atoms with Crippen LogP contribution in [0, 0.1) is 17.6 Å². The van der Waals surface area contributed by atoms with Gasteiger partial charge in [-0.05, 0) is 37.3 Å². The first-order chi connectivity index (χ1) is 9.97. The Labute approximate surface area is 125 Å². The van der Waals surface area contributed by atoms with Crippen LogP contribution in [0.3, 0.4) is 0 Å². The van der Waals surface area contributed by atoms with Crippen LogP contribution in [0.15, 0.2) is 18.2 Å². The number of ether oxygens (including phenoxy) is 1. The van der Waals surface area contributed by atoms with Crippen LogP contribution < -0.4 is 0 Å². The minimum Gasteiger partial charge on any atom is -0.390 e. The predicted octanol–water partition coefficient (Wildman–Crippen LogP) is 3.85. The largest absolute Gasteiger partial charge is 0.390 e. The van der Waals surface area contributed by atoms with Crippen LogP contribution >= 0.6 is 0 Å². The number of aliphatic hydroxyl groups is 1. The van der Waals surface area contributed by atoms with Gasteiger partial charge in [0.1, 0.15) is 11.6 Å². The molecular formula is C17H24F2O2. The molecule has 0 spiro atoms. The summed E-state index contributed by atoms with van der Waals surface area (Å²) in [6, 6.07) is 3.49. The van der Waals surface area contributed by atoms with Crippen LogP contribution in [-0.2, 0) is 11.2 Å². The lowest BCUT2D eigenvalue weighted by molar-refractivity contribution is -0.147. The summed E-state index contributed by atoms with van der Waals surface area (Å²) in [4.78, 5) is 0. The number of benzene rings is 1. The molecule has 0 aliphatic heterocycles. The zero-order chi connectivity index (χ0) is 15.5. The van der Waals surface area contributed by atoms with E-state index in [0.717, 1.165) is 31.7 Å². The van der Waals surface area contributed by atoms with Gasteiger partial charge in [-0.15, -0.1) is 0 Å². The van der Waals surface area contributed by atoms with Crippen LogP contribution in [0.5, 0.6) is 0 Å². The van der Waals surface area contributed by atoms with Gasteiger partial charge in [-0.1, -0.05) is 25.8 Å². The van der Waals surface area contributed by atoms with E-state index in [2.05, 4.69) is 6.92 Å². The van der Waals surface area contributed by atoms with E-state index in [1.165, 1.54) is 12.1 Å². The van der Waals surface area contributed by atoms with Crippen molar-refractivity contribution in [3.05, 3.63) is 35.4 Å². The number of aliphatic hydroxyl groups excluding tert-OH is 1. The van der Waals surface area contributed by atoms with Crippen LogP contribution in [0.25, 0.3) is 0 Å². The second kappa shape index (κ2) is 6.84. The third kappa shape index (κ3) is 3.80. The van der Waals surface area contributed by atoms with Gasteiger partial charge in [-0.25, -0.2) is 8.78 Å². The molecule has 1 aromatic rings. The minimum absolute atomic E-state index is 0.152. The fourth-order valence-electron chi connectivity index (χ4n) is 3.44. The lowest BCUT2D eigenvalue weighted by atomic mass is 9.74. The molecule has 2 rings (SSSR count). The van der Waals surface area contributed by atoms with Crippen molar-refractivity contribution >= 4 is 0 Å². The minimum atomic E-state index is -0.778. The molecule has 0 heterocycles. The van der Waals surface area contributed by atoms with Gasteiger partial charge in [-0.2, -0.15) is 0 Å². The van der Waals surface area contributed by atoms with Crippen LogP contribution in [-0.4, -0.2) is 23.4 Å². The van der Waals surface area contributed by atoms with E-state index in [1.807, 2.05) is 6.92 Å². The van der Waals surface area contributed by atoms with E-state index in [9.17, 15) is 13.9 Å². The number of hydrogen-bond acceptors (Lipinski definition) is 2. The first-order valence-corrected chi connectivity index (χ1v) is 7.73. The van der Waals surface area contributed by atoms with Gasteiger partial charge in [-0.3, -0.25) is 0 Å². The second-order valence-corrected chi connectivity index (χ2v) is 6.15. The molecule has 0 bridgehead atoms. The van der Waals surface area contributed by atoms with Gasteiger partial charge in [0.25, 0.3) is 0 Å². The van der Waals surface area contributed by atoms with Crippen LogP contribution in [0.1, 0.15) is 45.1 Å². The van der Waals surface area contributed by atoms with E-state index >= 15 is 0 Å². The number of hydrogen-bond donors (Lipinski definition) is 1. The third-order valence-electron chi connectivity index (χ3n) is 4.46. The first kappa shape index (κ1) is 16.4. The molecule has 3 atom stereocenters. The Balaban J connectivity index is 2.16. The van der Waals surface area contributed by atoms with E-state index in [-0.39, 0.29) is 6.42 Å². The lowest BCUT2D eigenvalue weighted by Crippen LogP contribution is -2.49. The molecule has 1 saturated carbocycles. The zero-order valence-corrected chi connectivity index (χ0v) is 12.7.